The first-order valence-corrected chi connectivity index (χ1v) is 8.36. The van der Waals surface area contributed by atoms with Gasteiger partial charge in [-0.25, -0.2) is 8.42 Å². The molecule has 0 bridgehead atoms. The Balaban J connectivity index is 1.80. The van der Waals surface area contributed by atoms with E-state index in [0.717, 1.165) is 12.8 Å². The number of benzene rings is 1. The fourth-order valence-corrected chi connectivity index (χ4v) is 3.42. The molecule has 0 spiro atoms. The molecule has 1 aliphatic heterocycles. The fourth-order valence-electron chi connectivity index (χ4n) is 2.08. The summed E-state index contributed by atoms with van der Waals surface area (Å²) in [6.07, 6.45) is 1.57. The summed E-state index contributed by atoms with van der Waals surface area (Å²) in [7, 11) is -3.17. The zero-order valence-electron chi connectivity index (χ0n) is 11.1. The molecule has 0 amide bonds. The third-order valence-electron chi connectivity index (χ3n) is 3.09. The maximum absolute atomic E-state index is 11.9. The standard InChI is InChI=1S/C14H17NO4S/c15-10-12-3-1-4-13(9-12)19-7-8-20(16,17)11-14-5-2-6-18-14/h1,3-4,9,14H,2,5-8,11H2. The molecule has 2 rings (SSSR count). The van der Waals surface area contributed by atoms with Gasteiger partial charge in [-0.05, 0) is 31.0 Å². The lowest BCUT2D eigenvalue weighted by Gasteiger charge is -2.11. The highest BCUT2D eigenvalue weighted by atomic mass is 32.2. The van der Waals surface area contributed by atoms with Crippen molar-refractivity contribution in [3.05, 3.63) is 29.8 Å². The number of nitriles is 1. The minimum Gasteiger partial charge on any atom is -0.492 e. The third kappa shape index (κ3) is 4.51. The molecule has 1 aromatic rings. The van der Waals surface area contributed by atoms with Crippen LogP contribution in [0.1, 0.15) is 18.4 Å². The molecule has 1 aliphatic rings. The van der Waals surface area contributed by atoms with Crippen molar-refractivity contribution >= 4 is 9.84 Å². The minimum atomic E-state index is -3.17. The first-order valence-electron chi connectivity index (χ1n) is 6.54. The number of hydrogen-bond acceptors (Lipinski definition) is 5. The molecule has 1 unspecified atom stereocenters. The average molecular weight is 295 g/mol. The Kier molecular flexibility index (Phi) is 4.99. The van der Waals surface area contributed by atoms with Gasteiger partial charge in [0, 0.05) is 6.61 Å². The topological polar surface area (TPSA) is 76.4 Å². The van der Waals surface area contributed by atoms with Gasteiger partial charge in [0.1, 0.15) is 12.4 Å². The van der Waals surface area contributed by atoms with Gasteiger partial charge in [-0.15, -0.1) is 0 Å². The molecule has 1 saturated heterocycles. The van der Waals surface area contributed by atoms with Crippen molar-refractivity contribution in [2.45, 2.75) is 18.9 Å². The Morgan fingerprint density at radius 1 is 1.45 bits per heavy atom. The molecular weight excluding hydrogens is 278 g/mol. The van der Waals surface area contributed by atoms with Crippen molar-refractivity contribution in [1.82, 2.24) is 0 Å². The summed E-state index contributed by atoms with van der Waals surface area (Å²) >= 11 is 0. The summed E-state index contributed by atoms with van der Waals surface area (Å²) in [6.45, 7) is 0.738. The van der Waals surface area contributed by atoms with Gasteiger partial charge in [0.2, 0.25) is 0 Å². The largest absolute Gasteiger partial charge is 0.492 e. The number of hydrogen-bond donors (Lipinski definition) is 0. The van der Waals surface area contributed by atoms with Crippen molar-refractivity contribution in [3.8, 4) is 11.8 Å². The lowest BCUT2D eigenvalue weighted by Crippen LogP contribution is -2.25. The van der Waals surface area contributed by atoms with E-state index in [1.807, 2.05) is 6.07 Å². The maximum Gasteiger partial charge on any atom is 0.156 e. The van der Waals surface area contributed by atoms with Gasteiger partial charge < -0.3 is 9.47 Å². The molecule has 1 fully saturated rings. The van der Waals surface area contributed by atoms with E-state index >= 15 is 0 Å². The van der Waals surface area contributed by atoms with Crippen LogP contribution in [0.5, 0.6) is 5.75 Å². The van der Waals surface area contributed by atoms with Crippen LogP contribution in [-0.4, -0.2) is 39.2 Å². The number of rotatable bonds is 6. The fraction of sp³-hybridized carbons (Fsp3) is 0.500. The van der Waals surface area contributed by atoms with Gasteiger partial charge in [-0.3, -0.25) is 0 Å². The van der Waals surface area contributed by atoms with Crippen LogP contribution >= 0.6 is 0 Å². The molecule has 1 heterocycles. The second-order valence-electron chi connectivity index (χ2n) is 4.74. The second kappa shape index (κ2) is 6.73. The average Bonchev–Trinajstić information content (AvgIpc) is 2.91. The highest BCUT2D eigenvalue weighted by Gasteiger charge is 2.23. The Morgan fingerprint density at radius 2 is 2.30 bits per heavy atom. The van der Waals surface area contributed by atoms with E-state index in [2.05, 4.69) is 0 Å². The molecule has 0 aliphatic carbocycles. The normalized spacial score (nSPS) is 18.6. The van der Waals surface area contributed by atoms with Crippen LogP contribution in [0.25, 0.3) is 0 Å². The van der Waals surface area contributed by atoms with Gasteiger partial charge >= 0.3 is 0 Å². The highest BCUT2D eigenvalue weighted by Crippen LogP contribution is 2.15. The molecule has 20 heavy (non-hydrogen) atoms. The van der Waals surface area contributed by atoms with Crippen LogP contribution in [0.3, 0.4) is 0 Å². The van der Waals surface area contributed by atoms with Crippen LogP contribution in [0.4, 0.5) is 0 Å². The molecule has 108 valence electrons. The van der Waals surface area contributed by atoms with E-state index in [-0.39, 0.29) is 24.2 Å². The van der Waals surface area contributed by atoms with Gasteiger partial charge in [-0.2, -0.15) is 5.26 Å². The monoisotopic (exact) mass is 295 g/mol. The zero-order chi connectivity index (χ0) is 14.4. The quantitative estimate of drug-likeness (QED) is 0.795. The van der Waals surface area contributed by atoms with E-state index in [9.17, 15) is 8.42 Å². The van der Waals surface area contributed by atoms with E-state index < -0.39 is 9.84 Å². The first-order chi connectivity index (χ1) is 9.59. The van der Waals surface area contributed by atoms with Gasteiger partial charge in [-0.1, -0.05) is 6.07 Å². The summed E-state index contributed by atoms with van der Waals surface area (Å²) in [6, 6.07) is 8.67. The third-order valence-corrected chi connectivity index (χ3v) is 4.76. The Bertz CT molecular complexity index is 585. The Morgan fingerprint density at radius 3 is 3.00 bits per heavy atom. The predicted octanol–water partition coefficient (Wildman–Crippen LogP) is 1.53. The zero-order valence-corrected chi connectivity index (χ0v) is 11.9. The van der Waals surface area contributed by atoms with Crippen molar-refractivity contribution in [2.75, 3.05) is 24.7 Å². The maximum atomic E-state index is 11.9. The van der Waals surface area contributed by atoms with E-state index in [1.54, 1.807) is 24.3 Å². The van der Waals surface area contributed by atoms with Crippen LogP contribution < -0.4 is 4.74 Å². The Hall–Kier alpha value is -1.58. The van der Waals surface area contributed by atoms with Crippen molar-refractivity contribution in [3.63, 3.8) is 0 Å². The smallest absolute Gasteiger partial charge is 0.156 e. The molecule has 1 aromatic carbocycles. The predicted molar refractivity (Wildman–Crippen MR) is 74.3 cm³/mol. The van der Waals surface area contributed by atoms with E-state index in [4.69, 9.17) is 14.7 Å². The summed E-state index contributed by atoms with van der Waals surface area (Å²) < 4.78 is 34.5. The highest BCUT2D eigenvalue weighted by molar-refractivity contribution is 7.91. The van der Waals surface area contributed by atoms with Crippen LogP contribution in [0, 0.1) is 11.3 Å². The summed E-state index contributed by atoms with van der Waals surface area (Å²) in [5.41, 5.74) is 0.490. The van der Waals surface area contributed by atoms with Gasteiger partial charge in [0.15, 0.2) is 9.84 Å². The molecule has 5 nitrogen and oxygen atoms in total. The van der Waals surface area contributed by atoms with Crippen LogP contribution in [0.15, 0.2) is 24.3 Å². The van der Waals surface area contributed by atoms with Crippen molar-refractivity contribution in [1.29, 1.82) is 5.26 Å². The van der Waals surface area contributed by atoms with Crippen molar-refractivity contribution in [2.24, 2.45) is 0 Å². The molecule has 1 atom stereocenters. The molecule has 0 N–H and O–H groups in total. The van der Waals surface area contributed by atoms with E-state index in [1.165, 1.54) is 0 Å². The van der Waals surface area contributed by atoms with E-state index in [0.29, 0.717) is 17.9 Å². The summed E-state index contributed by atoms with van der Waals surface area (Å²) in [5.74, 6) is 0.537. The summed E-state index contributed by atoms with van der Waals surface area (Å²) in [5, 5.41) is 8.76. The Labute approximate surface area is 119 Å². The molecule has 6 heteroatoms. The SMILES string of the molecule is N#Cc1cccc(OCCS(=O)(=O)CC2CCCO2)c1. The van der Waals surface area contributed by atoms with Crippen LogP contribution in [0.2, 0.25) is 0 Å². The number of nitrogens with zero attached hydrogens (tertiary/aromatic N) is 1. The lowest BCUT2D eigenvalue weighted by atomic mass is 10.2. The lowest BCUT2D eigenvalue weighted by molar-refractivity contribution is 0.127. The molecule has 0 aromatic heterocycles. The van der Waals surface area contributed by atoms with Crippen molar-refractivity contribution < 1.29 is 17.9 Å². The van der Waals surface area contributed by atoms with Crippen LogP contribution in [-0.2, 0) is 14.6 Å². The van der Waals surface area contributed by atoms with Gasteiger partial charge in [0.05, 0.1) is 29.2 Å². The molecule has 0 saturated carbocycles. The minimum absolute atomic E-state index is 0.0381. The summed E-state index contributed by atoms with van der Waals surface area (Å²) in [4.78, 5) is 0. The molecule has 0 radical (unpaired) electrons. The number of sulfone groups is 1. The number of ether oxygens (including phenoxy) is 2. The first kappa shape index (κ1) is 14.8. The molecular formula is C14H17NO4S. The van der Waals surface area contributed by atoms with Gasteiger partial charge in [0.25, 0.3) is 0 Å². The second-order valence-corrected chi connectivity index (χ2v) is 6.97.